The fraction of sp³-hybridized carbons (Fsp3) is 0.188. The number of hydrogen-bond donors (Lipinski definition) is 2. The van der Waals surface area contributed by atoms with Crippen molar-refractivity contribution in [2.45, 2.75) is 6.92 Å². The molecule has 0 saturated carbocycles. The summed E-state index contributed by atoms with van der Waals surface area (Å²) in [5.74, 6) is 0.689. The second-order valence-electron chi connectivity index (χ2n) is 4.86. The van der Waals surface area contributed by atoms with Gasteiger partial charge in [-0.25, -0.2) is 4.98 Å². The van der Waals surface area contributed by atoms with E-state index in [2.05, 4.69) is 15.3 Å². The molecule has 3 aromatic rings. The second-order valence-corrected chi connectivity index (χ2v) is 4.86. The molecule has 2 N–H and O–H groups in total. The molecule has 1 amide bonds. The van der Waals surface area contributed by atoms with E-state index in [9.17, 15) is 9.59 Å². The average Bonchev–Trinajstić information content (AvgIpc) is 2.90. The lowest BCUT2D eigenvalue weighted by atomic mass is 10.2. The van der Waals surface area contributed by atoms with Crippen molar-refractivity contribution in [2.24, 2.45) is 0 Å². The van der Waals surface area contributed by atoms with E-state index in [4.69, 9.17) is 9.15 Å². The average molecular weight is 313 g/mol. The molecule has 0 aliphatic rings. The van der Waals surface area contributed by atoms with Crippen molar-refractivity contribution in [3.05, 3.63) is 58.3 Å². The van der Waals surface area contributed by atoms with Crippen LogP contribution in [0.5, 0.6) is 5.75 Å². The van der Waals surface area contributed by atoms with Crippen LogP contribution >= 0.6 is 0 Å². The summed E-state index contributed by atoms with van der Waals surface area (Å²) in [6.45, 7) is 2.24. The number of H-pyrrole nitrogens is 1. The Morgan fingerprint density at radius 1 is 1.35 bits per heavy atom. The van der Waals surface area contributed by atoms with Gasteiger partial charge in [-0.2, -0.15) is 0 Å². The zero-order chi connectivity index (χ0) is 16.2. The number of carbonyl (C=O) groups excluding carboxylic acids is 1. The van der Waals surface area contributed by atoms with Gasteiger partial charge in [-0.05, 0) is 19.1 Å². The highest BCUT2D eigenvalue weighted by Crippen LogP contribution is 2.20. The van der Waals surface area contributed by atoms with Crippen molar-refractivity contribution in [3.8, 4) is 5.75 Å². The second kappa shape index (κ2) is 6.35. The number of aromatic nitrogens is 2. The maximum atomic E-state index is 12.3. The van der Waals surface area contributed by atoms with E-state index in [0.29, 0.717) is 18.9 Å². The van der Waals surface area contributed by atoms with Crippen LogP contribution in [0.2, 0.25) is 0 Å². The first kappa shape index (κ1) is 14.8. The lowest BCUT2D eigenvalue weighted by molar-refractivity contribution is 0.0947. The van der Waals surface area contributed by atoms with E-state index >= 15 is 0 Å². The van der Waals surface area contributed by atoms with E-state index in [1.165, 1.54) is 6.33 Å². The molecule has 0 fully saturated rings. The molecule has 0 radical (unpaired) electrons. The Kier molecular flexibility index (Phi) is 4.09. The number of nitrogens with one attached hydrogen (secondary N) is 2. The summed E-state index contributed by atoms with van der Waals surface area (Å²) in [6.07, 6.45) is 1.24. The minimum absolute atomic E-state index is 0.150. The molecule has 0 aliphatic heterocycles. The summed E-state index contributed by atoms with van der Waals surface area (Å²) in [5.41, 5.74) is -0.0523. The summed E-state index contributed by atoms with van der Waals surface area (Å²) < 4.78 is 10.9. The normalized spacial score (nSPS) is 10.7. The molecule has 2 heterocycles. The van der Waals surface area contributed by atoms with Crippen molar-refractivity contribution in [2.75, 3.05) is 13.2 Å². The molecule has 0 aliphatic carbocycles. The fourth-order valence-corrected chi connectivity index (χ4v) is 2.27. The third-order valence-electron chi connectivity index (χ3n) is 3.30. The molecule has 118 valence electrons. The summed E-state index contributed by atoms with van der Waals surface area (Å²) >= 11 is 0. The topological polar surface area (TPSA) is 97.2 Å². The van der Waals surface area contributed by atoms with Crippen LogP contribution in [0.25, 0.3) is 11.1 Å². The SMILES string of the molecule is Cc1oc2nc[nH]c(=O)c2c1C(=O)NCCOc1ccccc1. The fourth-order valence-electron chi connectivity index (χ4n) is 2.27. The van der Waals surface area contributed by atoms with Gasteiger partial charge in [0, 0.05) is 0 Å². The van der Waals surface area contributed by atoms with Crippen molar-refractivity contribution >= 4 is 17.0 Å². The number of rotatable bonds is 5. The predicted octanol–water partition coefficient (Wildman–Crippen LogP) is 1.63. The first-order valence-electron chi connectivity index (χ1n) is 7.09. The minimum Gasteiger partial charge on any atom is -0.492 e. The number of amides is 1. The van der Waals surface area contributed by atoms with Crippen molar-refractivity contribution in [1.82, 2.24) is 15.3 Å². The Hall–Kier alpha value is -3.09. The maximum absolute atomic E-state index is 12.3. The predicted molar refractivity (Wildman–Crippen MR) is 83.6 cm³/mol. The molecular weight excluding hydrogens is 298 g/mol. The van der Waals surface area contributed by atoms with Gasteiger partial charge in [-0.15, -0.1) is 0 Å². The highest BCUT2D eigenvalue weighted by molar-refractivity contribution is 6.06. The molecule has 0 unspecified atom stereocenters. The molecular formula is C16H15N3O4. The van der Waals surface area contributed by atoms with Gasteiger partial charge in [-0.3, -0.25) is 9.59 Å². The monoisotopic (exact) mass is 313 g/mol. The van der Waals surface area contributed by atoms with Gasteiger partial charge in [0.25, 0.3) is 11.5 Å². The molecule has 1 aromatic carbocycles. The van der Waals surface area contributed by atoms with E-state index < -0.39 is 11.5 Å². The molecule has 2 aromatic heterocycles. The number of carbonyl (C=O) groups is 1. The Bertz CT molecular complexity index is 883. The van der Waals surface area contributed by atoms with Crippen LogP contribution in [0.15, 0.2) is 45.9 Å². The first-order chi connectivity index (χ1) is 11.2. The lowest BCUT2D eigenvalue weighted by Gasteiger charge is -2.07. The smallest absolute Gasteiger partial charge is 0.262 e. The highest BCUT2D eigenvalue weighted by atomic mass is 16.5. The number of aryl methyl sites for hydroxylation is 1. The van der Waals surface area contributed by atoms with Gasteiger partial charge in [0.2, 0.25) is 5.71 Å². The molecule has 23 heavy (non-hydrogen) atoms. The van der Waals surface area contributed by atoms with Crippen LogP contribution in [-0.4, -0.2) is 29.0 Å². The number of hydrogen-bond acceptors (Lipinski definition) is 5. The molecule has 0 saturated heterocycles. The molecule has 7 heteroatoms. The maximum Gasteiger partial charge on any atom is 0.262 e. The van der Waals surface area contributed by atoms with Gasteiger partial charge in [0.05, 0.1) is 18.4 Å². The third kappa shape index (κ3) is 3.08. The number of furan rings is 1. The van der Waals surface area contributed by atoms with Crippen LogP contribution in [0, 0.1) is 6.92 Å². The highest BCUT2D eigenvalue weighted by Gasteiger charge is 2.21. The zero-order valence-electron chi connectivity index (χ0n) is 12.5. The van der Waals surface area contributed by atoms with E-state index in [1.54, 1.807) is 6.92 Å². The zero-order valence-corrected chi connectivity index (χ0v) is 12.5. The Morgan fingerprint density at radius 3 is 2.91 bits per heavy atom. The van der Waals surface area contributed by atoms with Gasteiger partial charge in [0.1, 0.15) is 23.5 Å². The van der Waals surface area contributed by atoms with Gasteiger partial charge >= 0.3 is 0 Å². The van der Waals surface area contributed by atoms with Crippen molar-refractivity contribution < 1.29 is 13.9 Å². The van der Waals surface area contributed by atoms with Gasteiger partial charge in [0.15, 0.2) is 0 Å². The van der Waals surface area contributed by atoms with Gasteiger partial charge < -0.3 is 19.5 Å². The molecule has 7 nitrogen and oxygen atoms in total. The Labute approximate surface area is 131 Å². The molecule has 3 rings (SSSR count). The standard InChI is InChI=1S/C16H15N3O4/c1-10-12(13-15(21)18-9-19-16(13)23-10)14(20)17-7-8-22-11-5-3-2-4-6-11/h2-6,9H,7-8H2,1H3,(H,17,20)(H,18,19,21). The summed E-state index contributed by atoms with van der Waals surface area (Å²) in [6, 6.07) is 9.30. The van der Waals surface area contributed by atoms with Gasteiger partial charge in [-0.1, -0.05) is 18.2 Å². The number of para-hydroxylation sites is 1. The number of ether oxygens (including phenoxy) is 1. The quantitative estimate of drug-likeness (QED) is 0.698. The van der Waals surface area contributed by atoms with Crippen molar-refractivity contribution in [1.29, 1.82) is 0 Å². The number of nitrogens with zero attached hydrogens (tertiary/aromatic N) is 1. The van der Waals surface area contributed by atoms with Crippen LogP contribution in [0.4, 0.5) is 0 Å². The van der Waals surface area contributed by atoms with Crippen LogP contribution < -0.4 is 15.6 Å². The van der Waals surface area contributed by atoms with Crippen LogP contribution in [0.1, 0.15) is 16.1 Å². The summed E-state index contributed by atoms with van der Waals surface area (Å²) in [5, 5.41) is 2.87. The van der Waals surface area contributed by atoms with Crippen molar-refractivity contribution in [3.63, 3.8) is 0 Å². The minimum atomic E-state index is -0.405. The number of aromatic amines is 1. The van der Waals surface area contributed by atoms with E-state index in [0.717, 1.165) is 5.75 Å². The molecule has 0 spiro atoms. The Morgan fingerprint density at radius 2 is 2.13 bits per heavy atom. The van der Waals surface area contributed by atoms with Crippen LogP contribution in [0.3, 0.4) is 0 Å². The largest absolute Gasteiger partial charge is 0.492 e. The molecule has 0 bridgehead atoms. The van der Waals surface area contributed by atoms with E-state index in [-0.39, 0.29) is 16.7 Å². The molecule has 0 atom stereocenters. The summed E-state index contributed by atoms with van der Waals surface area (Å²) in [7, 11) is 0. The number of benzene rings is 1. The van der Waals surface area contributed by atoms with E-state index in [1.807, 2.05) is 30.3 Å². The lowest BCUT2D eigenvalue weighted by Crippen LogP contribution is -2.29. The first-order valence-corrected chi connectivity index (χ1v) is 7.09. The number of fused-ring (bicyclic) bond motifs is 1. The third-order valence-corrected chi connectivity index (χ3v) is 3.30. The Balaban J connectivity index is 1.67. The summed E-state index contributed by atoms with van der Waals surface area (Å²) in [4.78, 5) is 30.5. The van der Waals surface area contributed by atoms with Crippen LogP contribution in [-0.2, 0) is 0 Å².